The molecule has 0 radical (unpaired) electrons. The number of nitrogens with zero attached hydrogens (tertiary/aromatic N) is 5. The standard InChI is InChI=1S/C29H33N5O3/c1-31(18-12-22-8-3-2-4-9-22)23-13-19-32(20-14-23)26-29(37)33(21-15-30-26)16-7-17-34-27(35)24-10-5-6-11-25(24)28(34)36/h2-6,8-11,15,21,23H,7,12-14,16-20H2,1H3. The number of imide groups is 1. The summed E-state index contributed by atoms with van der Waals surface area (Å²) in [6.07, 6.45) is 6.85. The second-order valence-electron chi connectivity index (χ2n) is 9.84. The van der Waals surface area contributed by atoms with Crippen molar-refractivity contribution in [1.29, 1.82) is 0 Å². The topological polar surface area (TPSA) is 78.8 Å². The summed E-state index contributed by atoms with van der Waals surface area (Å²) in [6, 6.07) is 17.9. The number of carbonyl (C=O) groups is 2. The van der Waals surface area contributed by atoms with Crippen molar-refractivity contribution in [2.24, 2.45) is 0 Å². The van der Waals surface area contributed by atoms with Gasteiger partial charge in [-0.25, -0.2) is 4.98 Å². The molecule has 0 atom stereocenters. The van der Waals surface area contributed by atoms with Crippen molar-refractivity contribution < 1.29 is 9.59 Å². The highest BCUT2D eigenvalue weighted by Gasteiger charge is 2.34. The van der Waals surface area contributed by atoms with Gasteiger partial charge in [0.1, 0.15) is 0 Å². The van der Waals surface area contributed by atoms with Crippen molar-refractivity contribution >= 4 is 17.6 Å². The van der Waals surface area contributed by atoms with E-state index in [9.17, 15) is 14.4 Å². The normalized spacial score (nSPS) is 16.1. The van der Waals surface area contributed by atoms with Crippen LogP contribution in [0.15, 0.2) is 71.8 Å². The van der Waals surface area contributed by atoms with Crippen molar-refractivity contribution in [3.8, 4) is 0 Å². The van der Waals surface area contributed by atoms with Gasteiger partial charge < -0.3 is 14.4 Å². The number of aromatic nitrogens is 2. The molecule has 3 heterocycles. The molecule has 0 unspecified atom stereocenters. The molecule has 0 spiro atoms. The largest absolute Gasteiger partial charge is 0.352 e. The summed E-state index contributed by atoms with van der Waals surface area (Å²) in [5.74, 6) is -0.0476. The van der Waals surface area contributed by atoms with Crippen LogP contribution in [-0.4, -0.2) is 70.4 Å². The van der Waals surface area contributed by atoms with Crippen molar-refractivity contribution in [3.05, 3.63) is 94.0 Å². The summed E-state index contributed by atoms with van der Waals surface area (Å²) in [5.41, 5.74) is 2.12. The lowest BCUT2D eigenvalue weighted by atomic mass is 10.0. The Morgan fingerprint density at radius 3 is 2.22 bits per heavy atom. The molecule has 1 aromatic heterocycles. The van der Waals surface area contributed by atoms with Gasteiger partial charge in [-0.15, -0.1) is 0 Å². The van der Waals surface area contributed by atoms with E-state index in [0.717, 1.165) is 38.9 Å². The number of hydrogen-bond acceptors (Lipinski definition) is 6. The quantitative estimate of drug-likeness (QED) is 0.421. The van der Waals surface area contributed by atoms with Crippen LogP contribution >= 0.6 is 0 Å². The van der Waals surface area contributed by atoms with Crippen LogP contribution in [0, 0.1) is 0 Å². The van der Waals surface area contributed by atoms with Gasteiger partial charge in [0.05, 0.1) is 11.1 Å². The van der Waals surface area contributed by atoms with Crippen LogP contribution in [0.25, 0.3) is 0 Å². The molecule has 1 saturated heterocycles. The van der Waals surface area contributed by atoms with E-state index in [1.807, 2.05) is 6.07 Å². The molecule has 192 valence electrons. The molecule has 2 aliphatic heterocycles. The maximum atomic E-state index is 13.2. The number of rotatable bonds is 9. The summed E-state index contributed by atoms with van der Waals surface area (Å²) < 4.78 is 1.64. The highest BCUT2D eigenvalue weighted by atomic mass is 16.2. The lowest BCUT2D eigenvalue weighted by molar-refractivity contribution is 0.0650. The first-order valence-electron chi connectivity index (χ1n) is 13.0. The van der Waals surface area contributed by atoms with Crippen molar-refractivity contribution in [2.75, 3.05) is 38.1 Å². The lowest BCUT2D eigenvalue weighted by Crippen LogP contribution is -2.46. The van der Waals surface area contributed by atoms with Gasteiger partial charge in [0.25, 0.3) is 17.4 Å². The zero-order chi connectivity index (χ0) is 25.8. The molecule has 2 aromatic carbocycles. The zero-order valence-corrected chi connectivity index (χ0v) is 21.3. The van der Waals surface area contributed by atoms with Crippen LogP contribution in [0.2, 0.25) is 0 Å². The van der Waals surface area contributed by atoms with Gasteiger partial charge in [-0.1, -0.05) is 42.5 Å². The van der Waals surface area contributed by atoms with Crippen LogP contribution in [0.5, 0.6) is 0 Å². The molecular weight excluding hydrogens is 466 g/mol. The highest BCUT2D eigenvalue weighted by molar-refractivity contribution is 6.21. The summed E-state index contributed by atoms with van der Waals surface area (Å²) in [5, 5.41) is 0. The predicted octanol–water partition coefficient (Wildman–Crippen LogP) is 3.07. The minimum Gasteiger partial charge on any atom is -0.352 e. The van der Waals surface area contributed by atoms with E-state index in [1.165, 1.54) is 10.5 Å². The van der Waals surface area contributed by atoms with E-state index in [0.29, 0.717) is 36.0 Å². The fraction of sp³-hybridized carbons (Fsp3) is 0.379. The average molecular weight is 500 g/mol. The number of likely N-dealkylation sites (N-methyl/N-ethyl adjacent to an activating group) is 1. The number of piperidine rings is 1. The van der Waals surface area contributed by atoms with Crippen LogP contribution < -0.4 is 10.5 Å². The number of hydrogen-bond donors (Lipinski definition) is 0. The van der Waals surface area contributed by atoms with Gasteiger partial charge in [0.2, 0.25) is 0 Å². The minimum absolute atomic E-state index is 0.124. The Bertz CT molecular complexity index is 1280. The Morgan fingerprint density at radius 1 is 0.892 bits per heavy atom. The molecule has 3 aromatic rings. The molecule has 37 heavy (non-hydrogen) atoms. The lowest BCUT2D eigenvalue weighted by Gasteiger charge is -2.37. The minimum atomic E-state index is -0.264. The second kappa shape index (κ2) is 11.1. The Kier molecular flexibility index (Phi) is 7.46. The number of benzene rings is 2. The van der Waals surface area contributed by atoms with E-state index in [-0.39, 0.29) is 23.9 Å². The fourth-order valence-electron chi connectivity index (χ4n) is 5.32. The van der Waals surface area contributed by atoms with E-state index < -0.39 is 0 Å². The van der Waals surface area contributed by atoms with Gasteiger partial charge in [0.15, 0.2) is 5.82 Å². The van der Waals surface area contributed by atoms with Crippen molar-refractivity contribution in [3.63, 3.8) is 0 Å². The Morgan fingerprint density at radius 2 is 1.54 bits per heavy atom. The number of amides is 2. The second-order valence-corrected chi connectivity index (χ2v) is 9.84. The third-order valence-electron chi connectivity index (χ3n) is 7.54. The molecule has 5 rings (SSSR count). The maximum Gasteiger partial charge on any atom is 0.293 e. The molecule has 1 fully saturated rings. The summed E-state index contributed by atoms with van der Waals surface area (Å²) >= 11 is 0. The first-order valence-corrected chi connectivity index (χ1v) is 13.0. The molecule has 0 N–H and O–H groups in total. The third-order valence-corrected chi connectivity index (χ3v) is 7.54. The molecule has 8 heteroatoms. The third kappa shape index (κ3) is 5.34. The van der Waals surface area contributed by atoms with Gasteiger partial charge >= 0.3 is 0 Å². The number of fused-ring (bicyclic) bond motifs is 1. The van der Waals surface area contributed by atoms with Gasteiger partial charge in [-0.05, 0) is 50.4 Å². The Labute approximate surface area is 217 Å². The van der Waals surface area contributed by atoms with Crippen LogP contribution in [0.3, 0.4) is 0 Å². The van der Waals surface area contributed by atoms with Crippen LogP contribution in [0.1, 0.15) is 45.5 Å². The summed E-state index contributed by atoms with van der Waals surface area (Å²) in [6.45, 7) is 3.29. The fourth-order valence-corrected chi connectivity index (χ4v) is 5.32. The zero-order valence-electron chi connectivity index (χ0n) is 21.3. The molecule has 2 aliphatic rings. The van der Waals surface area contributed by atoms with E-state index >= 15 is 0 Å². The van der Waals surface area contributed by atoms with Gasteiger partial charge in [0, 0.05) is 51.2 Å². The van der Waals surface area contributed by atoms with Crippen molar-refractivity contribution in [2.45, 2.75) is 38.3 Å². The highest BCUT2D eigenvalue weighted by Crippen LogP contribution is 2.23. The first-order chi connectivity index (χ1) is 18.0. The summed E-state index contributed by atoms with van der Waals surface area (Å²) in [4.78, 5) is 48.5. The smallest absolute Gasteiger partial charge is 0.293 e. The van der Waals surface area contributed by atoms with Crippen LogP contribution in [-0.2, 0) is 13.0 Å². The van der Waals surface area contributed by atoms with E-state index in [1.54, 1.807) is 41.2 Å². The number of carbonyl (C=O) groups excluding carboxylic acids is 2. The Balaban J connectivity index is 1.13. The van der Waals surface area contributed by atoms with Gasteiger partial charge in [-0.2, -0.15) is 0 Å². The molecule has 0 saturated carbocycles. The average Bonchev–Trinajstić information content (AvgIpc) is 3.18. The van der Waals surface area contributed by atoms with Crippen molar-refractivity contribution in [1.82, 2.24) is 19.4 Å². The number of aryl methyl sites for hydroxylation is 1. The SMILES string of the molecule is CN(CCc1ccccc1)C1CCN(c2nccn(CCCN3C(=O)c4ccccc4C3=O)c2=O)CC1. The monoisotopic (exact) mass is 499 g/mol. The van der Waals surface area contributed by atoms with Crippen LogP contribution in [0.4, 0.5) is 5.82 Å². The Hall–Kier alpha value is -3.78. The predicted molar refractivity (Wildman–Crippen MR) is 143 cm³/mol. The number of anilines is 1. The first kappa shape index (κ1) is 24.9. The summed E-state index contributed by atoms with van der Waals surface area (Å²) in [7, 11) is 2.19. The van der Waals surface area contributed by atoms with Gasteiger partial charge in [-0.3, -0.25) is 19.3 Å². The maximum absolute atomic E-state index is 13.2. The van der Waals surface area contributed by atoms with E-state index in [2.05, 4.69) is 46.1 Å². The molecule has 0 aliphatic carbocycles. The molecule has 0 bridgehead atoms. The molecule has 8 nitrogen and oxygen atoms in total. The molecular formula is C29H33N5O3. The molecule has 2 amide bonds. The van der Waals surface area contributed by atoms with E-state index in [4.69, 9.17) is 0 Å².